The third-order valence-electron chi connectivity index (χ3n) is 2.14. The maximum absolute atomic E-state index is 11.3. The third-order valence-corrected chi connectivity index (χ3v) is 3.70. The Morgan fingerprint density at radius 2 is 2.14 bits per heavy atom. The summed E-state index contributed by atoms with van der Waals surface area (Å²) in [5.74, 6) is -1.10. The van der Waals surface area contributed by atoms with Crippen LogP contribution in [0.15, 0.2) is 0 Å². The molecule has 0 bridgehead atoms. The number of carbonyl (C=O) groups is 1. The van der Waals surface area contributed by atoms with E-state index in [-0.39, 0.29) is 11.7 Å². The number of sulfonamides is 1. The summed E-state index contributed by atoms with van der Waals surface area (Å²) in [6.07, 6.45) is 2.09. The lowest BCUT2D eigenvalue weighted by Crippen LogP contribution is -2.43. The van der Waals surface area contributed by atoms with Crippen molar-refractivity contribution in [1.29, 1.82) is 0 Å². The van der Waals surface area contributed by atoms with Gasteiger partial charge in [0.25, 0.3) is 0 Å². The van der Waals surface area contributed by atoms with Gasteiger partial charge in [0.15, 0.2) is 0 Å². The second-order valence-electron chi connectivity index (χ2n) is 3.59. The molecule has 82 valence electrons. The summed E-state index contributed by atoms with van der Waals surface area (Å²) in [6.45, 7) is 1.74. The highest BCUT2D eigenvalue weighted by molar-refractivity contribution is 7.89. The molecule has 1 fully saturated rings. The second kappa shape index (κ2) is 4.27. The highest BCUT2D eigenvalue weighted by atomic mass is 32.2. The fourth-order valence-corrected chi connectivity index (χ4v) is 2.63. The number of hydrogen-bond donors (Lipinski definition) is 2. The van der Waals surface area contributed by atoms with Gasteiger partial charge in [-0.05, 0) is 25.2 Å². The van der Waals surface area contributed by atoms with E-state index in [1.807, 2.05) is 0 Å². The van der Waals surface area contributed by atoms with E-state index in [9.17, 15) is 13.2 Å². The predicted octanol–water partition coefficient (Wildman–Crippen LogP) is 0.179. The van der Waals surface area contributed by atoms with Crippen LogP contribution in [0.5, 0.6) is 0 Å². The van der Waals surface area contributed by atoms with Crippen molar-refractivity contribution in [2.24, 2.45) is 5.92 Å². The van der Waals surface area contributed by atoms with Gasteiger partial charge in [0, 0.05) is 0 Å². The molecule has 0 amide bonds. The zero-order valence-electron chi connectivity index (χ0n) is 8.06. The number of aliphatic carboxylic acids is 1. The average Bonchev–Trinajstić information content (AvgIpc) is 2.82. The minimum Gasteiger partial charge on any atom is -0.480 e. The molecule has 0 aromatic carbocycles. The molecule has 1 aliphatic rings. The summed E-state index contributed by atoms with van der Waals surface area (Å²) < 4.78 is 24.8. The van der Waals surface area contributed by atoms with E-state index in [2.05, 4.69) is 4.72 Å². The van der Waals surface area contributed by atoms with Crippen molar-refractivity contribution in [3.8, 4) is 0 Å². The predicted molar refractivity (Wildman–Crippen MR) is 51.4 cm³/mol. The van der Waals surface area contributed by atoms with Gasteiger partial charge in [-0.25, -0.2) is 13.1 Å². The number of hydrogen-bond acceptors (Lipinski definition) is 3. The molecule has 1 rings (SSSR count). The molecule has 0 saturated heterocycles. The second-order valence-corrected chi connectivity index (χ2v) is 5.46. The summed E-state index contributed by atoms with van der Waals surface area (Å²) >= 11 is 0. The Hall–Kier alpha value is -0.620. The molecule has 2 N–H and O–H groups in total. The van der Waals surface area contributed by atoms with Crippen LogP contribution in [0.1, 0.15) is 26.2 Å². The van der Waals surface area contributed by atoms with Crippen molar-refractivity contribution in [1.82, 2.24) is 4.72 Å². The van der Waals surface area contributed by atoms with Crippen LogP contribution >= 0.6 is 0 Å². The van der Waals surface area contributed by atoms with Gasteiger partial charge in [-0.3, -0.25) is 4.79 Å². The molecule has 0 aromatic heterocycles. The molecule has 6 heteroatoms. The molecular formula is C8H15NO4S. The third kappa shape index (κ3) is 3.26. The van der Waals surface area contributed by atoms with E-state index in [1.54, 1.807) is 6.92 Å². The van der Waals surface area contributed by atoms with Gasteiger partial charge in [-0.1, -0.05) is 6.92 Å². The number of rotatable bonds is 6. The van der Waals surface area contributed by atoms with Crippen LogP contribution in [0.2, 0.25) is 0 Å². The molecule has 1 saturated carbocycles. The summed E-state index contributed by atoms with van der Waals surface area (Å²) in [4.78, 5) is 10.7. The first-order chi connectivity index (χ1) is 6.46. The summed E-state index contributed by atoms with van der Waals surface area (Å²) in [6, 6.07) is -0.924. The molecule has 1 aliphatic carbocycles. The fourth-order valence-electron chi connectivity index (χ4n) is 1.30. The Kier molecular flexibility index (Phi) is 3.49. The summed E-state index contributed by atoms with van der Waals surface area (Å²) in [5.41, 5.74) is 0. The van der Waals surface area contributed by atoms with Crippen LogP contribution in [-0.4, -0.2) is 31.3 Å². The lowest BCUT2D eigenvalue weighted by molar-refractivity contribution is -0.139. The Labute approximate surface area is 83.6 Å². The maximum Gasteiger partial charge on any atom is 0.322 e. The van der Waals surface area contributed by atoms with Crippen molar-refractivity contribution in [2.75, 3.05) is 5.75 Å². The van der Waals surface area contributed by atoms with Gasteiger partial charge in [-0.15, -0.1) is 0 Å². The highest BCUT2D eigenvalue weighted by Gasteiger charge is 2.38. The van der Waals surface area contributed by atoms with Crippen LogP contribution in [0.25, 0.3) is 0 Å². The lowest BCUT2D eigenvalue weighted by atomic mass is 10.2. The monoisotopic (exact) mass is 221 g/mol. The molecule has 1 unspecified atom stereocenters. The van der Waals surface area contributed by atoms with Crippen LogP contribution in [0, 0.1) is 5.92 Å². The molecule has 0 aliphatic heterocycles. The molecule has 14 heavy (non-hydrogen) atoms. The van der Waals surface area contributed by atoms with E-state index in [4.69, 9.17) is 5.11 Å². The molecule has 5 nitrogen and oxygen atoms in total. The number of carboxylic acids is 1. The van der Waals surface area contributed by atoms with Gasteiger partial charge in [0.05, 0.1) is 5.75 Å². The van der Waals surface area contributed by atoms with Gasteiger partial charge < -0.3 is 5.11 Å². The quantitative estimate of drug-likeness (QED) is 0.670. The van der Waals surface area contributed by atoms with Crippen molar-refractivity contribution in [3.63, 3.8) is 0 Å². The lowest BCUT2D eigenvalue weighted by Gasteiger charge is -2.13. The molecule has 0 radical (unpaired) electrons. The summed E-state index contributed by atoms with van der Waals surface area (Å²) in [5, 5.41) is 8.79. The topological polar surface area (TPSA) is 83.5 Å². The highest BCUT2D eigenvalue weighted by Crippen LogP contribution is 2.33. The minimum absolute atomic E-state index is 0.0104. The van der Waals surface area contributed by atoms with Gasteiger partial charge >= 0.3 is 5.97 Å². The van der Waals surface area contributed by atoms with Crippen LogP contribution in [0.4, 0.5) is 0 Å². The van der Waals surface area contributed by atoms with Crippen molar-refractivity contribution in [2.45, 2.75) is 32.2 Å². The molecule has 0 heterocycles. The Bertz CT molecular complexity index is 307. The van der Waals surface area contributed by atoms with Crippen molar-refractivity contribution >= 4 is 16.0 Å². The van der Waals surface area contributed by atoms with Gasteiger partial charge in [0.1, 0.15) is 6.04 Å². The average molecular weight is 221 g/mol. The fraction of sp³-hybridized carbons (Fsp3) is 0.875. The Morgan fingerprint density at radius 1 is 1.57 bits per heavy atom. The van der Waals surface area contributed by atoms with Crippen LogP contribution < -0.4 is 4.72 Å². The first kappa shape index (κ1) is 11.5. The SMILES string of the molecule is CCCS(=O)(=O)NC(C(=O)O)C1CC1. The minimum atomic E-state index is -3.41. The molecule has 1 atom stereocenters. The normalized spacial score (nSPS) is 19.2. The standard InChI is InChI=1S/C8H15NO4S/c1-2-5-14(12,13)9-7(8(10)11)6-3-4-6/h6-7,9H,2-5H2,1H3,(H,10,11). The molecule has 0 spiro atoms. The van der Waals surface area contributed by atoms with E-state index < -0.39 is 22.0 Å². The Morgan fingerprint density at radius 3 is 2.50 bits per heavy atom. The van der Waals surface area contributed by atoms with Crippen molar-refractivity contribution < 1.29 is 18.3 Å². The van der Waals surface area contributed by atoms with E-state index in [0.29, 0.717) is 6.42 Å². The molecule has 0 aromatic rings. The van der Waals surface area contributed by atoms with Crippen molar-refractivity contribution in [3.05, 3.63) is 0 Å². The first-order valence-corrected chi connectivity index (χ1v) is 6.34. The van der Waals surface area contributed by atoms with Gasteiger partial charge in [0.2, 0.25) is 10.0 Å². The summed E-state index contributed by atoms with van der Waals surface area (Å²) in [7, 11) is -3.41. The zero-order chi connectivity index (χ0) is 10.8. The first-order valence-electron chi connectivity index (χ1n) is 4.69. The van der Waals surface area contributed by atoms with Gasteiger partial charge in [-0.2, -0.15) is 0 Å². The van der Waals surface area contributed by atoms with Crippen LogP contribution in [0.3, 0.4) is 0 Å². The van der Waals surface area contributed by atoms with E-state index in [0.717, 1.165) is 12.8 Å². The smallest absolute Gasteiger partial charge is 0.322 e. The van der Waals surface area contributed by atoms with E-state index >= 15 is 0 Å². The Balaban J connectivity index is 2.59. The van der Waals surface area contributed by atoms with Crippen LogP contribution in [-0.2, 0) is 14.8 Å². The largest absolute Gasteiger partial charge is 0.480 e. The zero-order valence-corrected chi connectivity index (χ0v) is 8.88. The molecular weight excluding hydrogens is 206 g/mol. The van der Waals surface area contributed by atoms with E-state index in [1.165, 1.54) is 0 Å². The number of nitrogens with one attached hydrogen (secondary N) is 1. The maximum atomic E-state index is 11.3. The number of carboxylic acid groups (broad SMARTS) is 1.